The van der Waals surface area contributed by atoms with Crippen molar-refractivity contribution in [2.24, 2.45) is 0 Å². The van der Waals surface area contributed by atoms with Gasteiger partial charge in [0.1, 0.15) is 0 Å². The summed E-state index contributed by atoms with van der Waals surface area (Å²) in [5.74, 6) is 0.801. The van der Waals surface area contributed by atoms with Gasteiger partial charge in [0, 0.05) is 11.8 Å². The van der Waals surface area contributed by atoms with Crippen molar-refractivity contribution in [3.8, 4) is 0 Å². The first-order chi connectivity index (χ1) is 6.84. The predicted molar refractivity (Wildman–Crippen MR) is 65.6 cm³/mol. The average molecular weight is 251 g/mol. The Hall–Kier alpha value is 0.305. The van der Waals surface area contributed by atoms with Gasteiger partial charge >= 0.3 is 7.12 Å². The monoisotopic (exact) mass is 250 g/mol. The molecule has 0 saturated carbocycles. The van der Waals surface area contributed by atoms with E-state index >= 15 is 0 Å². The van der Waals surface area contributed by atoms with Crippen LogP contribution >= 0.6 is 23.2 Å². The topological polar surface area (TPSA) is 18.5 Å². The summed E-state index contributed by atoms with van der Waals surface area (Å²) in [6.45, 7) is 8.05. The van der Waals surface area contributed by atoms with Crippen LogP contribution in [0.3, 0.4) is 0 Å². The molecular formula is C10H17BCl2O2. The Morgan fingerprint density at radius 3 is 1.93 bits per heavy atom. The molecule has 0 aromatic carbocycles. The summed E-state index contributed by atoms with van der Waals surface area (Å²) in [7, 11) is -0.369. The number of allylic oxidation sites excluding steroid dienone is 2. The zero-order valence-electron chi connectivity index (χ0n) is 9.64. The summed E-state index contributed by atoms with van der Waals surface area (Å²) in [6.07, 6.45) is 1.84. The molecule has 1 fully saturated rings. The van der Waals surface area contributed by atoms with E-state index in [0.29, 0.717) is 11.8 Å². The second-order valence-electron chi connectivity index (χ2n) is 4.66. The van der Waals surface area contributed by atoms with E-state index < -0.39 is 0 Å². The van der Waals surface area contributed by atoms with E-state index in [0.717, 1.165) is 5.47 Å². The smallest absolute Gasteiger partial charge is 0.400 e. The molecule has 0 atom stereocenters. The zero-order valence-corrected chi connectivity index (χ0v) is 11.2. The standard InChI is InChI=1S/C10H17BCl2O2/c1-9(2)10(3,4)15-11(14-9)8(7-13)5-6-12/h5H,6-7H2,1-4H3/b8-5-. The minimum absolute atomic E-state index is 0.324. The van der Waals surface area contributed by atoms with Crippen LogP contribution in [0.5, 0.6) is 0 Å². The molecule has 1 heterocycles. The van der Waals surface area contributed by atoms with Crippen LogP contribution in [0.4, 0.5) is 0 Å². The Labute approximate surface area is 102 Å². The van der Waals surface area contributed by atoms with Crippen LogP contribution in [0.1, 0.15) is 27.7 Å². The van der Waals surface area contributed by atoms with Crippen molar-refractivity contribution in [3.05, 3.63) is 11.5 Å². The van der Waals surface area contributed by atoms with Gasteiger partial charge in [-0.3, -0.25) is 0 Å². The molecule has 0 N–H and O–H groups in total. The van der Waals surface area contributed by atoms with Crippen LogP contribution in [0.25, 0.3) is 0 Å². The van der Waals surface area contributed by atoms with E-state index in [4.69, 9.17) is 32.5 Å². The molecule has 0 radical (unpaired) electrons. The Balaban J connectivity index is 2.82. The van der Waals surface area contributed by atoms with Crippen LogP contribution in [0, 0.1) is 0 Å². The molecule has 0 amide bonds. The SMILES string of the molecule is CC1(C)OB(/C(=C\CCl)CCl)OC1(C)C. The van der Waals surface area contributed by atoms with E-state index in [-0.39, 0.29) is 18.3 Å². The molecule has 5 heteroatoms. The fraction of sp³-hybridized carbons (Fsp3) is 0.800. The normalized spacial score (nSPS) is 24.7. The third-order valence-electron chi connectivity index (χ3n) is 3.05. The third kappa shape index (κ3) is 2.70. The summed E-state index contributed by atoms with van der Waals surface area (Å²) in [6, 6.07) is 0. The summed E-state index contributed by atoms with van der Waals surface area (Å²) >= 11 is 11.5. The summed E-state index contributed by atoms with van der Waals surface area (Å²) in [5.41, 5.74) is 0.245. The van der Waals surface area contributed by atoms with Crippen molar-refractivity contribution in [1.82, 2.24) is 0 Å². The molecule has 1 saturated heterocycles. The molecule has 0 bridgehead atoms. The largest absolute Gasteiger partial charge is 0.491 e. The lowest BCUT2D eigenvalue weighted by molar-refractivity contribution is 0.00578. The highest BCUT2D eigenvalue weighted by atomic mass is 35.5. The van der Waals surface area contributed by atoms with Gasteiger partial charge in [-0.15, -0.1) is 23.2 Å². The fourth-order valence-corrected chi connectivity index (χ4v) is 1.74. The lowest BCUT2D eigenvalue weighted by Gasteiger charge is -2.32. The first kappa shape index (κ1) is 13.4. The quantitative estimate of drug-likeness (QED) is 0.567. The van der Waals surface area contributed by atoms with Crippen LogP contribution < -0.4 is 0 Å². The van der Waals surface area contributed by atoms with Gasteiger partial charge in [0.25, 0.3) is 0 Å². The molecular weight excluding hydrogens is 234 g/mol. The van der Waals surface area contributed by atoms with Crippen molar-refractivity contribution < 1.29 is 9.31 Å². The highest BCUT2D eigenvalue weighted by molar-refractivity contribution is 6.56. The van der Waals surface area contributed by atoms with Gasteiger partial charge in [-0.25, -0.2) is 0 Å². The molecule has 0 unspecified atom stereocenters. The van der Waals surface area contributed by atoms with Crippen LogP contribution in [-0.4, -0.2) is 30.1 Å². The highest BCUT2D eigenvalue weighted by Crippen LogP contribution is 2.38. The highest BCUT2D eigenvalue weighted by Gasteiger charge is 2.52. The van der Waals surface area contributed by atoms with Crippen LogP contribution in [0.15, 0.2) is 11.5 Å². The third-order valence-corrected chi connectivity index (χ3v) is 3.51. The molecule has 1 rings (SSSR count). The maximum absolute atomic E-state index is 5.84. The fourth-order valence-electron chi connectivity index (χ4n) is 1.31. The van der Waals surface area contributed by atoms with E-state index in [1.54, 1.807) is 0 Å². The van der Waals surface area contributed by atoms with Gasteiger partial charge in [-0.1, -0.05) is 6.08 Å². The number of hydrogen-bond donors (Lipinski definition) is 0. The number of hydrogen-bond acceptors (Lipinski definition) is 2. The van der Waals surface area contributed by atoms with Crippen LogP contribution in [0.2, 0.25) is 0 Å². The molecule has 0 aliphatic carbocycles. The first-order valence-corrected chi connectivity index (χ1v) is 6.07. The summed E-state index contributed by atoms with van der Waals surface area (Å²) < 4.78 is 11.7. The van der Waals surface area contributed by atoms with Crippen molar-refractivity contribution in [1.29, 1.82) is 0 Å². The van der Waals surface area contributed by atoms with Gasteiger partial charge < -0.3 is 9.31 Å². The van der Waals surface area contributed by atoms with Gasteiger partial charge in [0.15, 0.2) is 0 Å². The zero-order chi connectivity index (χ0) is 11.7. The van der Waals surface area contributed by atoms with E-state index in [1.165, 1.54) is 0 Å². The lowest BCUT2D eigenvalue weighted by Crippen LogP contribution is -2.41. The molecule has 0 spiro atoms. The average Bonchev–Trinajstić information content (AvgIpc) is 2.32. The van der Waals surface area contributed by atoms with E-state index in [1.807, 2.05) is 33.8 Å². The molecule has 15 heavy (non-hydrogen) atoms. The Morgan fingerprint density at radius 2 is 1.60 bits per heavy atom. The van der Waals surface area contributed by atoms with E-state index in [2.05, 4.69) is 0 Å². The van der Waals surface area contributed by atoms with Crippen molar-refractivity contribution in [2.45, 2.75) is 38.9 Å². The van der Waals surface area contributed by atoms with Gasteiger partial charge in [0.2, 0.25) is 0 Å². The number of rotatable bonds is 3. The molecule has 1 aliphatic rings. The van der Waals surface area contributed by atoms with Crippen molar-refractivity contribution >= 4 is 30.3 Å². The van der Waals surface area contributed by atoms with E-state index in [9.17, 15) is 0 Å². The summed E-state index contributed by atoms with van der Waals surface area (Å²) in [4.78, 5) is 0. The van der Waals surface area contributed by atoms with Gasteiger partial charge in [-0.2, -0.15) is 0 Å². The predicted octanol–water partition coefficient (Wildman–Crippen LogP) is 3.02. The van der Waals surface area contributed by atoms with Gasteiger partial charge in [0.05, 0.1) is 11.2 Å². The maximum Gasteiger partial charge on any atom is 0.491 e. The maximum atomic E-state index is 5.84. The second kappa shape index (κ2) is 4.66. The molecule has 0 aromatic heterocycles. The number of alkyl halides is 2. The first-order valence-electron chi connectivity index (χ1n) is 5.00. The van der Waals surface area contributed by atoms with Crippen LogP contribution in [-0.2, 0) is 9.31 Å². The minimum Gasteiger partial charge on any atom is -0.400 e. The molecule has 2 nitrogen and oxygen atoms in total. The molecule has 86 valence electrons. The molecule has 0 aromatic rings. The minimum atomic E-state index is -0.369. The lowest BCUT2D eigenvalue weighted by atomic mass is 9.79. The molecule has 1 aliphatic heterocycles. The Morgan fingerprint density at radius 1 is 1.13 bits per heavy atom. The van der Waals surface area contributed by atoms with Gasteiger partial charge in [-0.05, 0) is 33.2 Å². The Bertz CT molecular complexity index is 248. The number of halogens is 2. The summed E-state index contributed by atoms with van der Waals surface area (Å²) in [5, 5.41) is 0. The van der Waals surface area contributed by atoms with Crippen molar-refractivity contribution in [2.75, 3.05) is 11.8 Å². The van der Waals surface area contributed by atoms with Crippen molar-refractivity contribution in [3.63, 3.8) is 0 Å². The Kier molecular flexibility index (Phi) is 4.16. The second-order valence-corrected chi connectivity index (χ2v) is 5.23.